The highest BCUT2D eigenvalue weighted by molar-refractivity contribution is 6.30. The van der Waals surface area contributed by atoms with Gasteiger partial charge in [-0.15, -0.1) is 0 Å². The number of rotatable bonds is 6. The number of aromatic carboxylic acids is 1. The summed E-state index contributed by atoms with van der Waals surface area (Å²) in [5.74, 6) is -1.40. The van der Waals surface area contributed by atoms with Crippen LogP contribution in [0.5, 0.6) is 5.75 Å². The third-order valence-electron chi connectivity index (χ3n) is 3.48. The maximum absolute atomic E-state index is 13.8. The summed E-state index contributed by atoms with van der Waals surface area (Å²) in [5, 5.41) is 11.7. The fraction of sp³-hybridized carbons (Fsp3) is 0.300. The topological polar surface area (TPSA) is 84.9 Å². The summed E-state index contributed by atoms with van der Waals surface area (Å²) >= 11 is 5.71. The molecule has 0 spiro atoms. The van der Waals surface area contributed by atoms with Gasteiger partial charge in [-0.1, -0.05) is 17.7 Å². The Morgan fingerprint density at radius 3 is 2.50 bits per heavy atom. The molecule has 0 bridgehead atoms. The summed E-state index contributed by atoms with van der Waals surface area (Å²) in [7, 11) is 0. The van der Waals surface area contributed by atoms with E-state index in [9.17, 15) is 19.1 Å². The fourth-order valence-corrected chi connectivity index (χ4v) is 2.42. The summed E-state index contributed by atoms with van der Waals surface area (Å²) in [5.41, 5.74) is 0.237. The van der Waals surface area contributed by atoms with Crippen LogP contribution < -0.4 is 10.1 Å². The van der Waals surface area contributed by atoms with E-state index in [1.54, 1.807) is 26.8 Å². The largest absolute Gasteiger partial charge is 0.491 e. The maximum atomic E-state index is 13.8. The van der Waals surface area contributed by atoms with Crippen molar-refractivity contribution in [3.63, 3.8) is 0 Å². The number of halogens is 2. The number of hydrogen-bond donors (Lipinski definition) is 2. The normalized spacial score (nSPS) is 11.0. The van der Waals surface area contributed by atoms with Gasteiger partial charge in [0.2, 0.25) is 0 Å². The summed E-state index contributed by atoms with van der Waals surface area (Å²) in [6.45, 7) is 5.54. The van der Waals surface area contributed by atoms with E-state index < -0.39 is 23.5 Å². The molecule has 0 unspecified atom stereocenters. The molecule has 0 saturated heterocycles. The number of carbonyl (C=O) groups is 2. The summed E-state index contributed by atoms with van der Waals surface area (Å²) < 4.78 is 24.6. The highest BCUT2D eigenvalue weighted by Crippen LogP contribution is 2.33. The minimum Gasteiger partial charge on any atom is -0.491 e. The molecule has 2 rings (SSSR count). The van der Waals surface area contributed by atoms with E-state index in [4.69, 9.17) is 21.1 Å². The van der Waals surface area contributed by atoms with Crippen molar-refractivity contribution < 1.29 is 28.6 Å². The van der Waals surface area contributed by atoms with Crippen LogP contribution in [0.2, 0.25) is 5.02 Å². The van der Waals surface area contributed by atoms with Crippen LogP contribution in [0.25, 0.3) is 11.1 Å². The number of alkyl carbamates (subject to hydrolysis) is 1. The van der Waals surface area contributed by atoms with Gasteiger partial charge in [0, 0.05) is 5.56 Å². The zero-order chi connectivity index (χ0) is 20.9. The van der Waals surface area contributed by atoms with Gasteiger partial charge in [-0.3, -0.25) is 0 Å². The van der Waals surface area contributed by atoms with Crippen LogP contribution in [0.4, 0.5) is 9.18 Å². The highest BCUT2D eigenvalue weighted by atomic mass is 35.5. The lowest BCUT2D eigenvalue weighted by molar-refractivity contribution is 0.0519. The monoisotopic (exact) mass is 409 g/mol. The second kappa shape index (κ2) is 8.93. The molecule has 0 fully saturated rings. The van der Waals surface area contributed by atoms with Gasteiger partial charge >= 0.3 is 12.1 Å². The van der Waals surface area contributed by atoms with Crippen molar-refractivity contribution in [1.29, 1.82) is 0 Å². The Bertz CT molecular complexity index is 879. The maximum Gasteiger partial charge on any atom is 0.407 e. The fourth-order valence-electron chi connectivity index (χ4n) is 2.31. The minimum absolute atomic E-state index is 0.0320. The van der Waals surface area contributed by atoms with Gasteiger partial charge in [0.05, 0.1) is 17.1 Å². The lowest BCUT2D eigenvalue weighted by Crippen LogP contribution is -2.34. The predicted molar refractivity (Wildman–Crippen MR) is 104 cm³/mol. The molecule has 0 saturated carbocycles. The molecule has 0 radical (unpaired) electrons. The van der Waals surface area contributed by atoms with Crippen LogP contribution in [0, 0.1) is 5.82 Å². The Hall–Kier alpha value is -2.80. The molecular formula is C20H21ClFNO5. The van der Waals surface area contributed by atoms with Gasteiger partial charge in [0.1, 0.15) is 23.8 Å². The van der Waals surface area contributed by atoms with Crippen molar-refractivity contribution >= 4 is 23.7 Å². The van der Waals surface area contributed by atoms with Gasteiger partial charge in [-0.2, -0.15) is 0 Å². The third-order valence-corrected chi connectivity index (χ3v) is 3.79. The molecule has 0 heterocycles. The number of amides is 1. The second-order valence-electron chi connectivity index (χ2n) is 6.92. The van der Waals surface area contributed by atoms with Gasteiger partial charge in [0.25, 0.3) is 0 Å². The van der Waals surface area contributed by atoms with E-state index in [1.807, 2.05) is 0 Å². The van der Waals surface area contributed by atoms with E-state index in [0.717, 1.165) is 0 Å². The number of benzene rings is 2. The summed E-state index contributed by atoms with van der Waals surface area (Å²) in [4.78, 5) is 22.9. The number of hydrogen-bond acceptors (Lipinski definition) is 4. The van der Waals surface area contributed by atoms with Crippen molar-refractivity contribution in [2.24, 2.45) is 0 Å². The van der Waals surface area contributed by atoms with Crippen LogP contribution >= 0.6 is 11.6 Å². The molecule has 2 N–H and O–H groups in total. The van der Waals surface area contributed by atoms with E-state index in [-0.39, 0.29) is 23.7 Å². The molecule has 2 aromatic rings. The Morgan fingerprint density at radius 2 is 1.89 bits per heavy atom. The first-order chi connectivity index (χ1) is 13.1. The first-order valence-corrected chi connectivity index (χ1v) is 8.87. The van der Waals surface area contributed by atoms with Crippen molar-refractivity contribution in [3.8, 4) is 16.9 Å². The van der Waals surface area contributed by atoms with E-state index >= 15 is 0 Å². The number of carboxylic acid groups (broad SMARTS) is 1. The van der Waals surface area contributed by atoms with Crippen molar-refractivity contribution in [1.82, 2.24) is 5.32 Å². The molecule has 0 aromatic heterocycles. The van der Waals surface area contributed by atoms with Crippen LogP contribution in [-0.2, 0) is 4.74 Å². The van der Waals surface area contributed by atoms with Gasteiger partial charge in [-0.25, -0.2) is 14.0 Å². The van der Waals surface area contributed by atoms with Crippen molar-refractivity contribution in [2.75, 3.05) is 13.2 Å². The zero-order valence-electron chi connectivity index (χ0n) is 15.7. The zero-order valence-corrected chi connectivity index (χ0v) is 16.5. The Labute approximate surface area is 167 Å². The molecule has 2 aromatic carbocycles. The minimum atomic E-state index is -1.12. The number of carboxylic acids is 1. The molecular weight excluding hydrogens is 389 g/mol. The third kappa shape index (κ3) is 6.13. The second-order valence-corrected chi connectivity index (χ2v) is 7.33. The molecule has 0 aliphatic rings. The van der Waals surface area contributed by atoms with Gasteiger partial charge in [-0.05, 0) is 56.7 Å². The summed E-state index contributed by atoms with van der Waals surface area (Å²) in [6, 6.07) is 8.41. The van der Waals surface area contributed by atoms with Crippen LogP contribution in [0.15, 0.2) is 36.4 Å². The van der Waals surface area contributed by atoms with Crippen LogP contribution in [-0.4, -0.2) is 35.9 Å². The van der Waals surface area contributed by atoms with Crippen molar-refractivity contribution in [2.45, 2.75) is 26.4 Å². The SMILES string of the molecule is CC(C)(C)OC(=O)NCCOc1ccc(C(=O)O)cc1-c1ccc(Cl)c(F)c1. The Kier molecular flexibility index (Phi) is 6.85. The standard InChI is InChI=1S/C20H21ClFNO5/c1-20(2,3)28-19(26)23-8-9-27-17-7-5-13(18(24)25)10-14(17)12-4-6-15(21)16(22)11-12/h4-7,10-11H,8-9H2,1-3H3,(H,23,26)(H,24,25). The molecule has 28 heavy (non-hydrogen) atoms. The van der Waals surface area contributed by atoms with Gasteiger partial charge in [0.15, 0.2) is 0 Å². The number of ether oxygens (including phenoxy) is 2. The van der Waals surface area contributed by atoms with Crippen LogP contribution in [0.3, 0.4) is 0 Å². The van der Waals surface area contributed by atoms with E-state index in [1.165, 1.54) is 30.3 Å². The molecule has 8 heteroatoms. The lowest BCUT2D eigenvalue weighted by atomic mass is 10.0. The average molecular weight is 410 g/mol. The first kappa shape index (κ1) is 21.5. The quantitative estimate of drug-likeness (QED) is 0.672. The summed E-state index contributed by atoms with van der Waals surface area (Å²) in [6.07, 6.45) is -0.572. The first-order valence-electron chi connectivity index (χ1n) is 8.49. The Morgan fingerprint density at radius 1 is 1.18 bits per heavy atom. The lowest BCUT2D eigenvalue weighted by Gasteiger charge is -2.20. The molecule has 1 amide bonds. The highest BCUT2D eigenvalue weighted by Gasteiger charge is 2.16. The smallest absolute Gasteiger partial charge is 0.407 e. The van der Waals surface area contributed by atoms with Crippen LogP contribution in [0.1, 0.15) is 31.1 Å². The number of carbonyl (C=O) groups excluding carboxylic acids is 1. The predicted octanol–water partition coefficient (Wildman–Crippen LogP) is 4.75. The Balaban J connectivity index is 2.14. The molecule has 150 valence electrons. The van der Waals surface area contributed by atoms with Gasteiger partial charge < -0.3 is 19.9 Å². The molecule has 0 atom stereocenters. The van der Waals surface area contributed by atoms with E-state index in [0.29, 0.717) is 16.9 Å². The molecule has 0 aliphatic heterocycles. The number of nitrogens with one attached hydrogen (secondary N) is 1. The molecule has 6 nitrogen and oxygen atoms in total. The average Bonchev–Trinajstić information content (AvgIpc) is 2.59. The molecule has 0 aliphatic carbocycles. The van der Waals surface area contributed by atoms with Crippen molar-refractivity contribution in [3.05, 3.63) is 52.8 Å². The van der Waals surface area contributed by atoms with E-state index in [2.05, 4.69) is 5.32 Å².